The third-order valence-corrected chi connectivity index (χ3v) is 5.33. The maximum absolute atomic E-state index is 12.3. The fraction of sp³-hybridized carbons (Fsp3) is 0.185. The Balaban J connectivity index is 1.55. The van der Waals surface area contributed by atoms with E-state index < -0.39 is 17.9 Å². The summed E-state index contributed by atoms with van der Waals surface area (Å²) in [7, 11) is 0. The van der Waals surface area contributed by atoms with Gasteiger partial charge in [0.25, 0.3) is 11.8 Å². The lowest BCUT2D eigenvalue weighted by Crippen LogP contribution is -2.50. The summed E-state index contributed by atoms with van der Waals surface area (Å²) in [6, 6.07) is 24.3. The van der Waals surface area contributed by atoms with E-state index in [2.05, 4.69) is 53.7 Å². The van der Waals surface area contributed by atoms with Gasteiger partial charge >= 0.3 is 0 Å². The van der Waals surface area contributed by atoms with E-state index in [1.165, 1.54) is 16.6 Å². The molecule has 0 saturated carbocycles. The van der Waals surface area contributed by atoms with Crippen LogP contribution in [-0.2, 0) is 11.3 Å². The number of hydroxylamine groups is 1. The molecular weight excluding hydrogens is 428 g/mol. The molecule has 0 heterocycles. The van der Waals surface area contributed by atoms with Crippen LogP contribution in [0.25, 0.3) is 0 Å². The number of nitrogens with two attached hydrogens (primary N) is 1. The topological polar surface area (TPSA) is 116 Å². The van der Waals surface area contributed by atoms with Crippen LogP contribution in [-0.4, -0.2) is 29.6 Å². The van der Waals surface area contributed by atoms with Gasteiger partial charge in [0.05, 0.1) is 0 Å². The van der Waals surface area contributed by atoms with Crippen molar-refractivity contribution in [1.29, 1.82) is 0 Å². The molecule has 3 aromatic carbocycles. The molecule has 0 bridgehead atoms. The summed E-state index contributed by atoms with van der Waals surface area (Å²) in [6.07, 6.45) is 0. The van der Waals surface area contributed by atoms with Crippen molar-refractivity contribution in [2.45, 2.75) is 25.6 Å². The van der Waals surface area contributed by atoms with Crippen molar-refractivity contribution in [1.82, 2.24) is 16.1 Å². The van der Waals surface area contributed by atoms with Gasteiger partial charge < -0.3 is 16.4 Å². The van der Waals surface area contributed by atoms with E-state index >= 15 is 0 Å². The zero-order chi connectivity index (χ0) is 24.3. The Labute approximate surface area is 199 Å². The summed E-state index contributed by atoms with van der Waals surface area (Å²) < 4.78 is 0. The predicted molar refractivity (Wildman–Crippen MR) is 131 cm³/mol. The lowest BCUT2D eigenvalue weighted by molar-refractivity contribution is -0.130. The van der Waals surface area contributed by atoms with Gasteiger partial charge in [-0.1, -0.05) is 54.3 Å². The van der Waals surface area contributed by atoms with Crippen LogP contribution in [0.15, 0.2) is 78.9 Å². The van der Waals surface area contributed by atoms with Gasteiger partial charge in [-0.05, 0) is 54.4 Å². The van der Waals surface area contributed by atoms with Gasteiger partial charge in [0.15, 0.2) is 0 Å². The molecule has 2 atom stereocenters. The van der Waals surface area contributed by atoms with Crippen LogP contribution in [0.2, 0.25) is 0 Å². The fourth-order valence-corrected chi connectivity index (χ4v) is 3.24. The molecule has 0 aliphatic carbocycles. The maximum atomic E-state index is 12.3. The average molecular weight is 457 g/mol. The SMILES string of the molecule is C[C@H](NCc1ccc(C#Cc2ccc(C(=O)N[C@@H](CN)C(=O)NO)cc2)cc1)c1ccccc1. The molecule has 0 radical (unpaired) electrons. The number of hydrogen-bond donors (Lipinski definition) is 5. The van der Waals surface area contributed by atoms with Crippen molar-refractivity contribution >= 4 is 11.8 Å². The van der Waals surface area contributed by atoms with Crippen LogP contribution in [0.3, 0.4) is 0 Å². The Morgan fingerprint density at radius 2 is 1.50 bits per heavy atom. The van der Waals surface area contributed by atoms with E-state index in [1.807, 2.05) is 30.3 Å². The minimum absolute atomic E-state index is 0.136. The van der Waals surface area contributed by atoms with Crippen LogP contribution in [0.4, 0.5) is 0 Å². The molecule has 34 heavy (non-hydrogen) atoms. The Morgan fingerprint density at radius 3 is 2.06 bits per heavy atom. The van der Waals surface area contributed by atoms with E-state index in [1.54, 1.807) is 24.3 Å². The minimum atomic E-state index is -1.02. The molecule has 0 unspecified atom stereocenters. The molecule has 0 saturated heterocycles. The number of amides is 2. The van der Waals surface area contributed by atoms with Crippen molar-refractivity contribution in [3.05, 3.63) is 107 Å². The first kappa shape index (κ1) is 24.7. The van der Waals surface area contributed by atoms with Crippen molar-refractivity contribution in [2.24, 2.45) is 5.73 Å². The molecule has 7 heteroatoms. The number of benzene rings is 3. The summed E-state index contributed by atoms with van der Waals surface area (Å²) in [5, 5.41) is 14.7. The molecule has 6 N–H and O–H groups in total. The number of hydrogen-bond acceptors (Lipinski definition) is 5. The predicted octanol–water partition coefficient (Wildman–Crippen LogP) is 2.50. The van der Waals surface area contributed by atoms with Gasteiger partial charge in [-0.2, -0.15) is 0 Å². The average Bonchev–Trinajstić information content (AvgIpc) is 2.90. The maximum Gasteiger partial charge on any atom is 0.267 e. The molecule has 7 nitrogen and oxygen atoms in total. The first-order chi connectivity index (χ1) is 16.5. The van der Waals surface area contributed by atoms with E-state index in [0.717, 1.165) is 17.7 Å². The second kappa shape index (κ2) is 12.3. The zero-order valence-electron chi connectivity index (χ0n) is 18.9. The van der Waals surface area contributed by atoms with Crippen LogP contribution in [0, 0.1) is 11.8 Å². The summed E-state index contributed by atoms with van der Waals surface area (Å²) in [5.41, 5.74) is 11.4. The monoisotopic (exact) mass is 456 g/mol. The van der Waals surface area contributed by atoms with Crippen molar-refractivity contribution in [3.63, 3.8) is 0 Å². The molecule has 0 spiro atoms. The molecule has 0 aliphatic heterocycles. The van der Waals surface area contributed by atoms with E-state index in [9.17, 15) is 9.59 Å². The third kappa shape index (κ3) is 7.02. The number of rotatable bonds is 8. The Hall–Kier alpha value is -3.96. The second-order valence-electron chi connectivity index (χ2n) is 7.78. The Kier molecular flexibility index (Phi) is 8.95. The largest absolute Gasteiger partial charge is 0.339 e. The molecule has 3 rings (SSSR count). The first-order valence-corrected chi connectivity index (χ1v) is 10.9. The van der Waals surface area contributed by atoms with Crippen molar-refractivity contribution in [2.75, 3.05) is 6.54 Å². The van der Waals surface area contributed by atoms with E-state index in [-0.39, 0.29) is 12.6 Å². The van der Waals surface area contributed by atoms with Crippen molar-refractivity contribution in [3.8, 4) is 11.8 Å². The number of nitrogens with one attached hydrogen (secondary N) is 3. The first-order valence-electron chi connectivity index (χ1n) is 10.9. The zero-order valence-corrected chi connectivity index (χ0v) is 18.9. The van der Waals surface area contributed by atoms with Gasteiger partial charge in [-0.25, -0.2) is 5.48 Å². The van der Waals surface area contributed by atoms with E-state index in [0.29, 0.717) is 5.56 Å². The fourth-order valence-electron chi connectivity index (χ4n) is 3.24. The summed E-state index contributed by atoms with van der Waals surface area (Å²) >= 11 is 0. The summed E-state index contributed by atoms with van der Waals surface area (Å²) in [6.45, 7) is 2.77. The van der Waals surface area contributed by atoms with E-state index in [4.69, 9.17) is 10.9 Å². The smallest absolute Gasteiger partial charge is 0.267 e. The standard InChI is InChI=1S/C27H28N4O3/c1-19(23-5-3-2-4-6-23)29-18-22-11-9-20(10-12-22)7-8-21-13-15-24(16-14-21)26(32)30-25(17-28)27(33)31-34/h2-6,9-16,19,25,29,34H,17-18,28H2,1H3,(H,30,32)(H,31,33)/t19-,25-/m0/s1. The highest BCUT2D eigenvalue weighted by Gasteiger charge is 2.19. The van der Waals surface area contributed by atoms with Crippen LogP contribution >= 0.6 is 0 Å². The highest BCUT2D eigenvalue weighted by Crippen LogP contribution is 2.13. The van der Waals surface area contributed by atoms with Crippen molar-refractivity contribution < 1.29 is 14.8 Å². The molecule has 174 valence electrons. The summed E-state index contributed by atoms with van der Waals surface area (Å²) in [4.78, 5) is 23.7. The van der Waals surface area contributed by atoms with Gasteiger partial charge in [-0.15, -0.1) is 0 Å². The molecular formula is C27H28N4O3. The quantitative estimate of drug-likeness (QED) is 0.203. The van der Waals surface area contributed by atoms with Gasteiger partial charge in [0.1, 0.15) is 6.04 Å². The van der Waals surface area contributed by atoms with Crippen LogP contribution < -0.4 is 21.8 Å². The lowest BCUT2D eigenvalue weighted by Gasteiger charge is -2.14. The molecule has 0 fully saturated rings. The van der Waals surface area contributed by atoms with Gasteiger partial charge in [-0.3, -0.25) is 14.8 Å². The number of carbonyl (C=O) groups excluding carboxylic acids is 2. The highest BCUT2D eigenvalue weighted by molar-refractivity contribution is 5.97. The molecule has 2 amide bonds. The highest BCUT2D eigenvalue weighted by atomic mass is 16.5. The Morgan fingerprint density at radius 1 is 0.912 bits per heavy atom. The minimum Gasteiger partial charge on any atom is -0.339 e. The molecule has 3 aromatic rings. The van der Waals surface area contributed by atoms with Gasteiger partial charge in [0, 0.05) is 35.8 Å². The second-order valence-corrected chi connectivity index (χ2v) is 7.78. The lowest BCUT2D eigenvalue weighted by atomic mass is 10.1. The van der Waals surface area contributed by atoms with Crippen LogP contribution in [0.1, 0.15) is 45.6 Å². The molecule has 0 aliphatic rings. The Bertz CT molecular complexity index is 1150. The molecule has 0 aromatic heterocycles. The summed E-state index contributed by atoms with van der Waals surface area (Å²) in [5.74, 6) is 4.97. The third-order valence-electron chi connectivity index (χ3n) is 5.33. The van der Waals surface area contributed by atoms with Crippen LogP contribution in [0.5, 0.6) is 0 Å². The number of carbonyl (C=O) groups is 2. The van der Waals surface area contributed by atoms with Gasteiger partial charge in [0.2, 0.25) is 0 Å². The normalized spacial score (nSPS) is 12.1.